The maximum atomic E-state index is 11.3. The zero-order valence-electron chi connectivity index (χ0n) is 9.31. The molecule has 0 amide bonds. The SMILES string of the molecule is CN(c1ccccc1C#N)C1CCC(=O)C1. The second-order valence-corrected chi connectivity index (χ2v) is 4.18. The number of hydrogen-bond acceptors (Lipinski definition) is 3. The lowest BCUT2D eigenvalue weighted by Gasteiger charge is -2.26. The molecule has 0 N–H and O–H groups in total. The second-order valence-electron chi connectivity index (χ2n) is 4.18. The summed E-state index contributed by atoms with van der Waals surface area (Å²) >= 11 is 0. The van der Waals surface area contributed by atoms with Gasteiger partial charge in [-0.2, -0.15) is 5.26 Å². The van der Waals surface area contributed by atoms with Crippen LogP contribution in [0.3, 0.4) is 0 Å². The monoisotopic (exact) mass is 214 g/mol. The fraction of sp³-hybridized carbons (Fsp3) is 0.385. The first kappa shape index (κ1) is 10.7. The number of para-hydroxylation sites is 1. The molecule has 0 bridgehead atoms. The van der Waals surface area contributed by atoms with Gasteiger partial charge in [0.1, 0.15) is 11.9 Å². The number of anilines is 1. The highest BCUT2D eigenvalue weighted by molar-refractivity contribution is 5.82. The Balaban J connectivity index is 2.24. The first-order valence-corrected chi connectivity index (χ1v) is 5.46. The molecule has 1 aromatic rings. The molecule has 0 aromatic heterocycles. The Morgan fingerprint density at radius 2 is 2.19 bits per heavy atom. The molecule has 1 unspecified atom stereocenters. The highest BCUT2D eigenvalue weighted by Gasteiger charge is 2.26. The fourth-order valence-electron chi connectivity index (χ4n) is 2.20. The van der Waals surface area contributed by atoms with Crippen LogP contribution in [-0.4, -0.2) is 18.9 Å². The first-order chi connectivity index (χ1) is 7.72. The molecule has 3 nitrogen and oxygen atoms in total. The van der Waals surface area contributed by atoms with Gasteiger partial charge in [-0.1, -0.05) is 12.1 Å². The fourth-order valence-corrected chi connectivity index (χ4v) is 2.20. The van der Waals surface area contributed by atoms with Crippen molar-refractivity contribution >= 4 is 11.5 Å². The average molecular weight is 214 g/mol. The maximum Gasteiger partial charge on any atom is 0.135 e. The van der Waals surface area contributed by atoms with Crippen LogP contribution in [0, 0.1) is 11.3 Å². The van der Waals surface area contributed by atoms with Crippen LogP contribution in [0.15, 0.2) is 24.3 Å². The molecule has 0 saturated heterocycles. The first-order valence-electron chi connectivity index (χ1n) is 5.46. The predicted molar refractivity (Wildman–Crippen MR) is 62.2 cm³/mol. The highest BCUT2D eigenvalue weighted by atomic mass is 16.1. The summed E-state index contributed by atoms with van der Waals surface area (Å²) < 4.78 is 0. The Kier molecular flexibility index (Phi) is 2.91. The van der Waals surface area contributed by atoms with E-state index in [1.54, 1.807) is 0 Å². The number of hydrogen-bond donors (Lipinski definition) is 0. The third-order valence-electron chi connectivity index (χ3n) is 3.17. The number of benzene rings is 1. The van der Waals surface area contributed by atoms with Crippen molar-refractivity contribution < 1.29 is 4.79 Å². The predicted octanol–water partition coefficient (Wildman–Crippen LogP) is 2.12. The molecule has 0 spiro atoms. The molecule has 1 aliphatic carbocycles. The summed E-state index contributed by atoms with van der Waals surface area (Å²) in [4.78, 5) is 13.3. The molecular weight excluding hydrogens is 200 g/mol. The number of ketones is 1. The molecule has 1 aliphatic rings. The molecule has 1 atom stereocenters. The van der Waals surface area contributed by atoms with Gasteiger partial charge in [0.2, 0.25) is 0 Å². The lowest BCUT2D eigenvalue weighted by molar-refractivity contribution is -0.117. The van der Waals surface area contributed by atoms with E-state index in [2.05, 4.69) is 11.0 Å². The Morgan fingerprint density at radius 3 is 2.81 bits per heavy atom. The molecule has 0 aliphatic heterocycles. The normalized spacial score (nSPS) is 19.5. The van der Waals surface area contributed by atoms with E-state index in [-0.39, 0.29) is 6.04 Å². The van der Waals surface area contributed by atoms with Gasteiger partial charge in [0, 0.05) is 25.9 Å². The van der Waals surface area contributed by atoms with Crippen LogP contribution >= 0.6 is 0 Å². The zero-order valence-corrected chi connectivity index (χ0v) is 9.31. The van der Waals surface area contributed by atoms with Crippen LogP contribution in [0.1, 0.15) is 24.8 Å². The van der Waals surface area contributed by atoms with E-state index in [0.717, 1.165) is 12.1 Å². The van der Waals surface area contributed by atoms with Crippen LogP contribution < -0.4 is 4.90 Å². The standard InChI is InChI=1S/C13H14N2O/c1-15(11-6-7-12(16)8-11)13-5-3-2-4-10(13)9-14/h2-5,11H,6-8H2,1H3. The Bertz CT molecular complexity index is 447. The van der Waals surface area contributed by atoms with E-state index >= 15 is 0 Å². The van der Waals surface area contributed by atoms with Gasteiger partial charge < -0.3 is 4.90 Å². The summed E-state index contributed by atoms with van der Waals surface area (Å²) in [5.74, 6) is 0.325. The van der Waals surface area contributed by atoms with Gasteiger partial charge in [-0.15, -0.1) is 0 Å². The van der Waals surface area contributed by atoms with Crippen LogP contribution in [0.4, 0.5) is 5.69 Å². The third kappa shape index (κ3) is 1.92. The van der Waals surface area contributed by atoms with Crippen LogP contribution in [0.2, 0.25) is 0 Å². The minimum Gasteiger partial charge on any atom is -0.370 e. The molecule has 3 heteroatoms. The van der Waals surface area contributed by atoms with Crippen molar-refractivity contribution in [2.45, 2.75) is 25.3 Å². The minimum absolute atomic E-state index is 0.252. The van der Waals surface area contributed by atoms with Crippen molar-refractivity contribution in [1.29, 1.82) is 5.26 Å². The van der Waals surface area contributed by atoms with Crippen LogP contribution in [-0.2, 0) is 4.79 Å². The third-order valence-corrected chi connectivity index (χ3v) is 3.17. The quantitative estimate of drug-likeness (QED) is 0.757. The summed E-state index contributed by atoms with van der Waals surface area (Å²) in [5, 5.41) is 9.02. The number of nitrogens with zero attached hydrogens (tertiary/aromatic N) is 2. The number of rotatable bonds is 2. The van der Waals surface area contributed by atoms with Crippen molar-refractivity contribution in [3.05, 3.63) is 29.8 Å². The van der Waals surface area contributed by atoms with E-state index in [9.17, 15) is 4.79 Å². The molecule has 1 fully saturated rings. The number of Topliss-reactive ketones (excluding diaryl/α,β-unsaturated/α-hetero) is 1. The maximum absolute atomic E-state index is 11.3. The molecule has 82 valence electrons. The summed E-state index contributed by atoms with van der Waals surface area (Å²) in [6, 6.07) is 9.95. The van der Waals surface area contributed by atoms with E-state index < -0.39 is 0 Å². The number of nitriles is 1. The minimum atomic E-state index is 0.252. The van der Waals surface area contributed by atoms with Crippen molar-refractivity contribution in [3.63, 3.8) is 0 Å². The molecule has 16 heavy (non-hydrogen) atoms. The molecule has 0 heterocycles. The molecular formula is C13H14N2O. The second kappa shape index (κ2) is 4.36. The van der Waals surface area contributed by atoms with Gasteiger partial charge in [-0.25, -0.2) is 0 Å². The van der Waals surface area contributed by atoms with Gasteiger partial charge >= 0.3 is 0 Å². The van der Waals surface area contributed by atoms with E-state index in [0.29, 0.717) is 24.2 Å². The molecule has 1 saturated carbocycles. The Hall–Kier alpha value is -1.82. The number of carbonyl (C=O) groups is 1. The smallest absolute Gasteiger partial charge is 0.135 e. The van der Waals surface area contributed by atoms with Gasteiger partial charge in [-0.3, -0.25) is 4.79 Å². The summed E-state index contributed by atoms with van der Waals surface area (Å²) in [6.45, 7) is 0. The lowest BCUT2D eigenvalue weighted by Crippen LogP contribution is -2.29. The Labute approximate surface area is 95.3 Å². The van der Waals surface area contributed by atoms with Crippen molar-refractivity contribution in [3.8, 4) is 6.07 Å². The highest BCUT2D eigenvalue weighted by Crippen LogP contribution is 2.27. The van der Waals surface area contributed by atoms with Gasteiger partial charge in [0.25, 0.3) is 0 Å². The van der Waals surface area contributed by atoms with Gasteiger partial charge in [-0.05, 0) is 18.6 Å². The van der Waals surface area contributed by atoms with Crippen molar-refractivity contribution in [2.75, 3.05) is 11.9 Å². The van der Waals surface area contributed by atoms with Crippen molar-refractivity contribution in [2.24, 2.45) is 0 Å². The van der Waals surface area contributed by atoms with E-state index in [1.807, 2.05) is 31.3 Å². The summed E-state index contributed by atoms with van der Waals surface area (Å²) in [5.41, 5.74) is 1.59. The molecule has 2 rings (SSSR count). The molecule has 1 aromatic carbocycles. The van der Waals surface area contributed by atoms with E-state index in [4.69, 9.17) is 5.26 Å². The topological polar surface area (TPSA) is 44.1 Å². The van der Waals surface area contributed by atoms with Gasteiger partial charge in [0.05, 0.1) is 11.3 Å². The van der Waals surface area contributed by atoms with Gasteiger partial charge in [0.15, 0.2) is 0 Å². The van der Waals surface area contributed by atoms with Crippen molar-refractivity contribution in [1.82, 2.24) is 0 Å². The lowest BCUT2D eigenvalue weighted by atomic mass is 10.1. The van der Waals surface area contributed by atoms with E-state index in [1.165, 1.54) is 0 Å². The zero-order chi connectivity index (χ0) is 11.5. The Morgan fingerprint density at radius 1 is 1.44 bits per heavy atom. The summed E-state index contributed by atoms with van der Waals surface area (Å²) in [6.07, 6.45) is 2.18. The molecule has 0 radical (unpaired) electrons. The number of carbonyl (C=O) groups excluding carboxylic acids is 1. The van der Waals surface area contributed by atoms with Crippen LogP contribution in [0.5, 0.6) is 0 Å². The average Bonchev–Trinajstić information content (AvgIpc) is 2.75. The summed E-state index contributed by atoms with van der Waals surface area (Å²) in [7, 11) is 1.96. The van der Waals surface area contributed by atoms with Crippen LogP contribution in [0.25, 0.3) is 0 Å². The largest absolute Gasteiger partial charge is 0.370 e.